The van der Waals surface area contributed by atoms with Gasteiger partial charge in [-0.3, -0.25) is 0 Å². The monoisotopic (exact) mass is 268 g/mol. The Bertz CT molecular complexity index is 510. The van der Waals surface area contributed by atoms with Gasteiger partial charge in [0.15, 0.2) is 6.54 Å². The number of benzene rings is 1. The Hall–Kier alpha value is -0.580. The minimum absolute atomic E-state index is 0.974. The second-order valence-corrected chi connectivity index (χ2v) is 6.81. The Balaban J connectivity index is 2.25. The molecule has 0 bridgehead atoms. The lowest BCUT2D eigenvalue weighted by Crippen LogP contribution is -2.21. The number of hydrogen-bond donors (Lipinski definition) is 0. The van der Waals surface area contributed by atoms with Gasteiger partial charge in [-0.05, 0) is 16.6 Å². The van der Waals surface area contributed by atoms with Crippen LogP contribution in [0.15, 0.2) is 40.6 Å². The molecule has 0 saturated carbocycles. The first-order valence-corrected chi connectivity index (χ1v) is 8.39. The standard InChI is InChI=1S/C12H14NS3/c1-13(9-10-6-4-3-5-7-10)11-8-12(14-2)16-15-11/h3-8H,9H2,1-2H3/q+1. The molecular formula is C12H14NS3+. The zero-order valence-corrected chi connectivity index (χ0v) is 11.8. The fourth-order valence-electron chi connectivity index (χ4n) is 1.43. The van der Waals surface area contributed by atoms with E-state index in [1.54, 1.807) is 0 Å². The summed E-state index contributed by atoms with van der Waals surface area (Å²) in [6.45, 7) is 0.974. The lowest BCUT2D eigenvalue weighted by molar-refractivity contribution is 0.679. The minimum atomic E-state index is 0.974. The fraction of sp³-hybridized carbons (Fsp3) is 0.250. The van der Waals surface area contributed by atoms with E-state index in [-0.39, 0.29) is 0 Å². The van der Waals surface area contributed by atoms with Gasteiger partial charge in [0.2, 0.25) is 0 Å². The molecule has 1 nitrogen and oxygen atoms in total. The van der Waals surface area contributed by atoms with Crippen LogP contribution in [0.25, 0.3) is 0 Å². The molecule has 0 atom stereocenters. The summed E-state index contributed by atoms with van der Waals surface area (Å²) < 4.78 is 5.04. The lowest BCUT2D eigenvalue weighted by atomic mass is 10.2. The summed E-state index contributed by atoms with van der Waals surface area (Å²) in [5.74, 6) is 0. The van der Waals surface area contributed by atoms with Gasteiger partial charge in [-0.15, -0.1) is 11.8 Å². The molecule has 0 fully saturated rings. The van der Waals surface area contributed by atoms with Crippen molar-refractivity contribution in [3.8, 4) is 0 Å². The SMILES string of the molecule is CSc1cc(=[N+](C)Cc2ccccc2)ss1. The van der Waals surface area contributed by atoms with Gasteiger partial charge in [-0.25, -0.2) is 4.58 Å². The van der Waals surface area contributed by atoms with Crippen LogP contribution in [0.2, 0.25) is 0 Å². The Morgan fingerprint density at radius 1 is 1.19 bits per heavy atom. The fourth-order valence-corrected chi connectivity index (χ4v) is 4.86. The van der Waals surface area contributed by atoms with Crippen molar-refractivity contribution in [2.75, 3.05) is 13.3 Å². The van der Waals surface area contributed by atoms with Crippen LogP contribution in [0.5, 0.6) is 0 Å². The molecule has 0 aliphatic heterocycles. The summed E-state index contributed by atoms with van der Waals surface area (Å²) in [4.78, 5) is 0. The van der Waals surface area contributed by atoms with Gasteiger partial charge in [-0.2, -0.15) is 0 Å². The number of nitrogens with zero attached hydrogens (tertiary/aromatic N) is 1. The molecule has 0 aliphatic rings. The highest BCUT2D eigenvalue weighted by atomic mass is 32.9. The third kappa shape index (κ3) is 2.97. The van der Waals surface area contributed by atoms with Crippen molar-refractivity contribution in [1.29, 1.82) is 0 Å². The molecule has 84 valence electrons. The van der Waals surface area contributed by atoms with Crippen molar-refractivity contribution in [1.82, 2.24) is 4.58 Å². The second-order valence-electron chi connectivity index (χ2n) is 3.51. The van der Waals surface area contributed by atoms with E-state index in [0.29, 0.717) is 0 Å². The first kappa shape index (κ1) is 11.9. The Labute approximate surface area is 107 Å². The summed E-state index contributed by atoms with van der Waals surface area (Å²) in [6.07, 6.45) is 2.12. The van der Waals surface area contributed by atoms with E-state index in [1.807, 2.05) is 32.4 Å². The van der Waals surface area contributed by atoms with E-state index in [0.717, 1.165) is 6.54 Å². The molecule has 2 rings (SSSR count). The van der Waals surface area contributed by atoms with Crippen molar-refractivity contribution in [3.05, 3.63) is 46.6 Å². The predicted octanol–water partition coefficient (Wildman–Crippen LogP) is 3.13. The van der Waals surface area contributed by atoms with Gasteiger partial charge in [0.1, 0.15) is 7.05 Å². The van der Waals surface area contributed by atoms with Gasteiger partial charge in [0, 0.05) is 11.6 Å². The van der Waals surface area contributed by atoms with E-state index >= 15 is 0 Å². The van der Waals surface area contributed by atoms with Gasteiger partial charge >= 0.3 is 0 Å². The largest absolute Gasteiger partial charge is 0.268 e. The third-order valence-electron chi connectivity index (χ3n) is 2.29. The van der Waals surface area contributed by atoms with Crippen LogP contribution in [-0.2, 0) is 6.54 Å². The molecule has 2 aromatic rings. The van der Waals surface area contributed by atoms with Gasteiger partial charge in [-0.1, -0.05) is 40.7 Å². The summed E-state index contributed by atoms with van der Waals surface area (Å²) in [5, 5.41) is 0. The van der Waals surface area contributed by atoms with E-state index < -0.39 is 0 Å². The average Bonchev–Trinajstić information content (AvgIpc) is 2.79. The molecule has 1 heterocycles. The quantitative estimate of drug-likeness (QED) is 0.469. The number of hydrogen-bond acceptors (Lipinski definition) is 3. The minimum Gasteiger partial charge on any atom is -0.219 e. The van der Waals surface area contributed by atoms with Crippen LogP contribution >= 0.6 is 32.4 Å². The molecule has 0 spiro atoms. The van der Waals surface area contributed by atoms with Crippen molar-refractivity contribution in [3.63, 3.8) is 0 Å². The second kappa shape index (κ2) is 5.66. The average molecular weight is 268 g/mol. The summed E-state index contributed by atoms with van der Waals surface area (Å²) in [5.41, 5.74) is 1.36. The third-order valence-corrected chi connectivity index (χ3v) is 6.14. The molecule has 0 unspecified atom stereocenters. The van der Waals surface area contributed by atoms with E-state index in [1.165, 1.54) is 14.4 Å². The molecule has 1 aromatic heterocycles. The highest BCUT2D eigenvalue weighted by molar-refractivity contribution is 8.02. The Kier molecular flexibility index (Phi) is 4.21. The highest BCUT2D eigenvalue weighted by Crippen LogP contribution is 2.20. The van der Waals surface area contributed by atoms with Crippen LogP contribution < -0.4 is 9.25 Å². The molecule has 1 aromatic carbocycles. The maximum Gasteiger partial charge on any atom is 0.268 e. The topological polar surface area (TPSA) is 3.01 Å². The molecule has 0 aliphatic carbocycles. The molecule has 0 amide bonds. The molecule has 4 heteroatoms. The molecule has 0 N–H and O–H groups in total. The van der Waals surface area contributed by atoms with Crippen LogP contribution in [0.3, 0.4) is 0 Å². The van der Waals surface area contributed by atoms with Gasteiger partial charge in [0.25, 0.3) is 4.67 Å². The first-order chi connectivity index (χ1) is 7.79. The van der Waals surface area contributed by atoms with Crippen molar-refractivity contribution in [2.45, 2.75) is 10.8 Å². The van der Waals surface area contributed by atoms with Crippen LogP contribution in [0, 0.1) is 0 Å². The summed E-state index contributed by atoms with van der Waals surface area (Å²) in [7, 11) is 5.85. The van der Waals surface area contributed by atoms with E-state index in [9.17, 15) is 0 Å². The maximum atomic E-state index is 2.30. The van der Waals surface area contributed by atoms with Crippen LogP contribution in [0.4, 0.5) is 0 Å². The van der Waals surface area contributed by atoms with Crippen molar-refractivity contribution in [2.24, 2.45) is 0 Å². The summed E-state index contributed by atoms with van der Waals surface area (Å²) in [6, 6.07) is 12.8. The van der Waals surface area contributed by atoms with Crippen LogP contribution in [0.1, 0.15) is 5.56 Å². The van der Waals surface area contributed by atoms with Crippen molar-refractivity contribution < 1.29 is 0 Å². The molecule has 16 heavy (non-hydrogen) atoms. The van der Waals surface area contributed by atoms with Crippen molar-refractivity contribution >= 4 is 32.4 Å². The first-order valence-electron chi connectivity index (χ1n) is 5.02. The van der Waals surface area contributed by atoms with E-state index in [4.69, 9.17) is 0 Å². The predicted molar refractivity (Wildman–Crippen MR) is 75.3 cm³/mol. The zero-order valence-electron chi connectivity index (χ0n) is 9.34. The maximum absolute atomic E-state index is 2.30. The highest BCUT2D eigenvalue weighted by Gasteiger charge is 2.04. The van der Waals surface area contributed by atoms with E-state index in [2.05, 4.69) is 54.3 Å². The number of thioether (sulfide) groups is 1. The zero-order chi connectivity index (χ0) is 11.4. The molecule has 0 radical (unpaired) electrons. The van der Waals surface area contributed by atoms with Gasteiger partial charge in [0.05, 0.1) is 4.21 Å². The number of rotatable bonds is 3. The lowest BCUT2D eigenvalue weighted by Gasteiger charge is -1.95. The summed E-state index contributed by atoms with van der Waals surface area (Å²) >= 11 is 1.82. The Morgan fingerprint density at radius 2 is 1.94 bits per heavy atom. The van der Waals surface area contributed by atoms with Crippen LogP contribution in [-0.4, -0.2) is 13.3 Å². The smallest absolute Gasteiger partial charge is 0.219 e. The normalized spacial score (nSPS) is 12.6. The molecular weight excluding hydrogens is 254 g/mol. The van der Waals surface area contributed by atoms with Gasteiger partial charge < -0.3 is 0 Å². The Morgan fingerprint density at radius 3 is 2.56 bits per heavy atom. The molecule has 0 saturated heterocycles.